The zero-order valence-corrected chi connectivity index (χ0v) is 18.5. The van der Waals surface area contributed by atoms with Crippen LogP contribution in [0.4, 0.5) is 11.4 Å². The van der Waals surface area contributed by atoms with E-state index >= 15 is 0 Å². The van der Waals surface area contributed by atoms with E-state index in [0.29, 0.717) is 22.5 Å². The topological polar surface area (TPSA) is 105 Å². The Balaban J connectivity index is 1.53. The third-order valence-electron chi connectivity index (χ3n) is 4.75. The van der Waals surface area contributed by atoms with Crippen LogP contribution >= 0.6 is 24.0 Å². The number of nitrogens with one attached hydrogen (secondary N) is 2. The summed E-state index contributed by atoms with van der Waals surface area (Å²) in [6, 6.07) is 13.2. The van der Waals surface area contributed by atoms with Crippen LogP contribution in [-0.4, -0.2) is 41.2 Å². The van der Waals surface area contributed by atoms with E-state index in [1.165, 1.54) is 4.90 Å². The van der Waals surface area contributed by atoms with E-state index in [2.05, 4.69) is 10.6 Å². The number of carbonyl (C=O) groups excluding carboxylic acids is 4. The van der Waals surface area contributed by atoms with Gasteiger partial charge in [-0.25, -0.2) is 4.79 Å². The van der Waals surface area contributed by atoms with Gasteiger partial charge >= 0.3 is 5.97 Å². The molecule has 4 rings (SSSR count). The molecule has 32 heavy (non-hydrogen) atoms. The molecule has 162 valence electrons. The molecule has 0 aliphatic carbocycles. The zero-order chi connectivity index (χ0) is 22.8. The van der Waals surface area contributed by atoms with Gasteiger partial charge in [0.25, 0.3) is 11.8 Å². The molecule has 0 saturated carbocycles. The summed E-state index contributed by atoms with van der Waals surface area (Å²) in [6.45, 7) is 1.74. The molecule has 2 aliphatic rings. The van der Waals surface area contributed by atoms with Gasteiger partial charge in [-0.15, -0.1) is 0 Å². The number of carbonyl (C=O) groups is 4. The Morgan fingerprint density at radius 2 is 1.84 bits per heavy atom. The van der Waals surface area contributed by atoms with Gasteiger partial charge in [-0.3, -0.25) is 19.3 Å². The molecule has 0 aromatic heterocycles. The number of ether oxygens (including phenoxy) is 1. The molecule has 2 aromatic rings. The summed E-state index contributed by atoms with van der Waals surface area (Å²) in [4.78, 5) is 51.4. The van der Waals surface area contributed by atoms with Crippen LogP contribution in [0.15, 0.2) is 53.4 Å². The highest BCUT2D eigenvalue weighted by Crippen LogP contribution is 2.42. The van der Waals surface area contributed by atoms with Crippen LogP contribution in [0.3, 0.4) is 0 Å². The minimum Gasteiger partial charge on any atom is -0.462 e. The van der Waals surface area contributed by atoms with E-state index in [4.69, 9.17) is 17.0 Å². The summed E-state index contributed by atoms with van der Waals surface area (Å²) in [5.41, 5.74) is 2.19. The predicted molar refractivity (Wildman–Crippen MR) is 125 cm³/mol. The average Bonchev–Trinajstić information content (AvgIpc) is 3.24. The summed E-state index contributed by atoms with van der Waals surface area (Å²) in [7, 11) is 0. The van der Waals surface area contributed by atoms with Gasteiger partial charge in [0.05, 0.1) is 28.3 Å². The van der Waals surface area contributed by atoms with Gasteiger partial charge in [-0.05, 0) is 37.3 Å². The van der Waals surface area contributed by atoms with Crippen molar-refractivity contribution in [1.29, 1.82) is 0 Å². The van der Waals surface area contributed by atoms with Gasteiger partial charge in [0.15, 0.2) is 0 Å². The lowest BCUT2D eigenvalue weighted by Gasteiger charge is -2.17. The minimum atomic E-state index is -0.446. The lowest BCUT2D eigenvalue weighted by molar-refractivity contribution is -0.118. The number of hydrogen-bond acceptors (Lipinski definition) is 7. The number of fused-ring (bicyclic) bond motifs is 1. The highest BCUT2D eigenvalue weighted by Gasteiger charge is 2.39. The highest BCUT2D eigenvalue weighted by molar-refractivity contribution is 8.27. The van der Waals surface area contributed by atoms with Crippen molar-refractivity contribution in [1.82, 2.24) is 5.32 Å². The van der Waals surface area contributed by atoms with Gasteiger partial charge in [0, 0.05) is 11.3 Å². The standard InChI is InChI=1S/C22H17N3O5S2/c1-2-30-21(29)12-7-9-13(10-8-12)23-16(26)11-25-15-6-4-3-5-14(15)17(20(25)28)18-19(27)24-22(31)32-18/h3-10H,2,11H2,1H3,(H,23,26)(H,24,27,31). The van der Waals surface area contributed by atoms with Crippen molar-refractivity contribution in [2.75, 3.05) is 23.4 Å². The van der Waals surface area contributed by atoms with E-state index in [0.717, 1.165) is 11.8 Å². The third kappa shape index (κ3) is 4.14. The molecule has 8 nitrogen and oxygen atoms in total. The molecule has 2 heterocycles. The van der Waals surface area contributed by atoms with Gasteiger partial charge in [-0.1, -0.05) is 42.2 Å². The molecule has 0 bridgehead atoms. The van der Waals surface area contributed by atoms with E-state index < -0.39 is 23.7 Å². The molecule has 0 spiro atoms. The van der Waals surface area contributed by atoms with Crippen molar-refractivity contribution in [2.24, 2.45) is 0 Å². The van der Waals surface area contributed by atoms with E-state index in [9.17, 15) is 19.2 Å². The van der Waals surface area contributed by atoms with Gasteiger partial charge < -0.3 is 15.4 Å². The van der Waals surface area contributed by atoms with E-state index in [1.54, 1.807) is 55.5 Å². The Bertz CT molecular complexity index is 1190. The molecule has 2 aliphatic heterocycles. The number of para-hydroxylation sites is 1. The van der Waals surface area contributed by atoms with Crippen LogP contribution in [0.1, 0.15) is 22.8 Å². The summed E-state index contributed by atoms with van der Waals surface area (Å²) in [5.74, 6) is -1.74. The Kier molecular flexibility index (Phi) is 6.06. The van der Waals surface area contributed by atoms with E-state index in [-0.39, 0.29) is 28.0 Å². The van der Waals surface area contributed by atoms with Gasteiger partial charge in [0.1, 0.15) is 10.9 Å². The molecule has 1 fully saturated rings. The predicted octanol–water partition coefficient (Wildman–Crippen LogP) is 2.71. The SMILES string of the molecule is CCOC(=O)c1ccc(NC(=O)CN2C(=O)C(=C3SC(=S)NC3=O)c3ccccc32)cc1. The maximum atomic E-state index is 13.2. The lowest BCUT2D eigenvalue weighted by Crippen LogP contribution is -2.35. The Labute approximate surface area is 193 Å². The summed E-state index contributed by atoms with van der Waals surface area (Å²) in [5, 5.41) is 5.23. The monoisotopic (exact) mass is 467 g/mol. The average molecular weight is 468 g/mol. The number of thiocarbonyl (C=S) groups is 1. The highest BCUT2D eigenvalue weighted by atomic mass is 32.2. The van der Waals surface area contributed by atoms with Crippen LogP contribution in [0.2, 0.25) is 0 Å². The van der Waals surface area contributed by atoms with Crippen molar-refractivity contribution in [3.63, 3.8) is 0 Å². The number of benzene rings is 2. The number of nitrogens with zero attached hydrogens (tertiary/aromatic N) is 1. The fourth-order valence-corrected chi connectivity index (χ4v) is 4.50. The molecule has 0 unspecified atom stereocenters. The fourth-order valence-electron chi connectivity index (χ4n) is 3.38. The van der Waals surface area contributed by atoms with Crippen molar-refractivity contribution >= 4 is 68.9 Å². The van der Waals surface area contributed by atoms with Crippen molar-refractivity contribution in [3.05, 3.63) is 64.6 Å². The zero-order valence-electron chi connectivity index (χ0n) is 16.8. The van der Waals surface area contributed by atoms with Crippen LogP contribution in [-0.2, 0) is 19.1 Å². The maximum Gasteiger partial charge on any atom is 0.338 e. The second kappa shape index (κ2) is 8.93. The Morgan fingerprint density at radius 3 is 2.50 bits per heavy atom. The number of thioether (sulfide) groups is 1. The van der Waals surface area contributed by atoms with Crippen LogP contribution in [0.5, 0.6) is 0 Å². The fraction of sp³-hybridized carbons (Fsp3) is 0.136. The Morgan fingerprint density at radius 1 is 1.12 bits per heavy atom. The molecule has 1 saturated heterocycles. The molecular weight excluding hydrogens is 450 g/mol. The molecule has 10 heteroatoms. The summed E-state index contributed by atoms with van der Waals surface area (Å²) < 4.78 is 5.22. The maximum absolute atomic E-state index is 13.2. The molecular formula is C22H17N3O5S2. The summed E-state index contributed by atoms with van der Waals surface area (Å²) >= 11 is 6.07. The quantitative estimate of drug-likeness (QED) is 0.396. The normalized spacial score (nSPS) is 17.3. The van der Waals surface area contributed by atoms with Crippen LogP contribution in [0, 0.1) is 0 Å². The minimum absolute atomic E-state index is 0.227. The number of rotatable bonds is 5. The molecule has 0 radical (unpaired) electrons. The van der Waals surface area contributed by atoms with Gasteiger partial charge in [0.2, 0.25) is 5.91 Å². The molecule has 2 aromatic carbocycles. The molecule has 3 amide bonds. The van der Waals surface area contributed by atoms with Crippen molar-refractivity contribution in [3.8, 4) is 0 Å². The Hall–Kier alpha value is -3.50. The van der Waals surface area contributed by atoms with Crippen LogP contribution < -0.4 is 15.5 Å². The first-order chi connectivity index (χ1) is 15.4. The first-order valence-electron chi connectivity index (χ1n) is 9.64. The third-order valence-corrected chi connectivity index (χ3v) is 5.98. The largest absolute Gasteiger partial charge is 0.462 e. The smallest absolute Gasteiger partial charge is 0.338 e. The number of esters is 1. The molecule has 2 N–H and O–H groups in total. The second-order valence-corrected chi connectivity index (χ2v) is 8.49. The van der Waals surface area contributed by atoms with Crippen LogP contribution in [0.25, 0.3) is 5.57 Å². The van der Waals surface area contributed by atoms with E-state index in [1.807, 2.05) is 0 Å². The first-order valence-corrected chi connectivity index (χ1v) is 10.9. The van der Waals surface area contributed by atoms with Gasteiger partial charge in [-0.2, -0.15) is 0 Å². The van der Waals surface area contributed by atoms with Crippen molar-refractivity contribution in [2.45, 2.75) is 6.92 Å². The van der Waals surface area contributed by atoms with Crippen molar-refractivity contribution < 1.29 is 23.9 Å². The second-order valence-electron chi connectivity index (χ2n) is 6.80. The summed E-state index contributed by atoms with van der Waals surface area (Å²) in [6.07, 6.45) is 0. The number of hydrogen-bond donors (Lipinski definition) is 2. The number of anilines is 2. The lowest BCUT2D eigenvalue weighted by atomic mass is 10.1. The number of amides is 3. The molecule has 0 atom stereocenters. The first kappa shape index (κ1) is 21.7.